The Morgan fingerprint density at radius 1 is 1.05 bits per heavy atom. The van der Waals surface area contributed by atoms with E-state index >= 15 is 0 Å². The van der Waals surface area contributed by atoms with Crippen LogP contribution in [0.3, 0.4) is 0 Å². The van der Waals surface area contributed by atoms with Crippen LogP contribution in [0.4, 0.5) is 4.39 Å². The molecule has 0 saturated heterocycles. The summed E-state index contributed by atoms with van der Waals surface area (Å²) in [6, 6.07) is 13.2. The van der Waals surface area contributed by atoms with Gasteiger partial charge in [-0.2, -0.15) is 0 Å². The van der Waals surface area contributed by atoms with Crippen molar-refractivity contribution >= 4 is 42.8 Å². The van der Waals surface area contributed by atoms with Crippen LogP contribution in [0.1, 0.15) is 5.56 Å². The normalized spacial score (nSPS) is 11.1. The van der Waals surface area contributed by atoms with E-state index in [9.17, 15) is 4.39 Å². The van der Waals surface area contributed by atoms with Gasteiger partial charge in [0.15, 0.2) is 0 Å². The lowest BCUT2D eigenvalue weighted by Crippen LogP contribution is -2.00. The Bertz CT molecular complexity index is 749. The van der Waals surface area contributed by atoms with Crippen LogP contribution in [0.5, 0.6) is 0 Å². The van der Waals surface area contributed by atoms with Crippen molar-refractivity contribution in [3.05, 3.63) is 69.0 Å². The van der Waals surface area contributed by atoms with E-state index in [1.165, 1.54) is 6.07 Å². The molecule has 19 heavy (non-hydrogen) atoms. The predicted molar refractivity (Wildman–Crippen MR) is 82.8 cm³/mol. The van der Waals surface area contributed by atoms with Crippen LogP contribution in [-0.4, -0.2) is 4.57 Å². The second-order valence-electron chi connectivity index (χ2n) is 4.35. The fourth-order valence-electron chi connectivity index (χ4n) is 2.16. The highest BCUT2D eigenvalue weighted by Gasteiger charge is 2.07. The molecule has 0 saturated carbocycles. The summed E-state index contributed by atoms with van der Waals surface area (Å²) >= 11 is 6.80. The number of nitrogens with zero attached hydrogens (tertiary/aromatic N) is 1. The molecule has 4 heteroatoms. The van der Waals surface area contributed by atoms with Crippen LogP contribution in [-0.2, 0) is 6.54 Å². The zero-order chi connectivity index (χ0) is 13.4. The van der Waals surface area contributed by atoms with Crippen molar-refractivity contribution < 1.29 is 4.39 Å². The zero-order valence-electron chi connectivity index (χ0n) is 9.91. The van der Waals surface area contributed by atoms with Crippen LogP contribution >= 0.6 is 31.9 Å². The van der Waals surface area contributed by atoms with Crippen molar-refractivity contribution in [1.82, 2.24) is 4.57 Å². The minimum atomic E-state index is -0.189. The minimum absolute atomic E-state index is 0.189. The average Bonchev–Trinajstić information content (AvgIpc) is 2.78. The third-order valence-electron chi connectivity index (χ3n) is 3.12. The largest absolute Gasteiger partial charge is 0.343 e. The highest BCUT2D eigenvalue weighted by Crippen LogP contribution is 2.26. The Labute approximate surface area is 127 Å². The molecule has 0 unspecified atom stereocenters. The Kier molecular flexibility index (Phi) is 3.46. The van der Waals surface area contributed by atoms with Crippen LogP contribution in [0, 0.1) is 5.82 Å². The van der Waals surface area contributed by atoms with Gasteiger partial charge in [0.25, 0.3) is 0 Å². The van der Waals surface area contributed by atoms with Crippen molar-refractivity contribution in [2.75, 3.05) is 0 Å². The molecule has 0 bridgehead atoms. The average molecular weight is 383 g/mol. The smallest absolute Gasteiger partial charge is 0.129 e. The first-order valence-corrected chi connectivity index (χ1v) is 7.41. The number of rotatable bonds is 2. The molecule has 2 aromatic carbocycles. The first-order valence-electron chi connectivity index (χ1n) is 5.82. The summed E-state index contributed by atoms with van der Waals surface area (Å²) < 4.78 is 17.7. The van der Waals surface area contributed by atoms with Gasteiger partial charge in [0.05, 0.1) is 6.54 Å². The molecule has 0 amide bonds. The summed E-state index contributed by atoms with van der Waals surface area (Å²) in [5.74, 6) is -0.189. The predicted octanol–water partition coefficient (Wildman–Crippen LogP) is 5.35. The number of hydrogen-bond donors (Lipinski definition) is 0. The van der Waals surface area contributed by atoms with Crippen molar-refractivity contribution in [2.24, 2.45) is 0 Å². The van der Waals surface area contributed by atoms with Gasteiger partial charge in [-0.3, -0.25) is 0 Å². The van der Waals surface area contributed by atoms with Crippen molar-refractivity contribution in [1.29, 1.82) is 0 Å². The third-order valence-corrected chi connectivity index (χ3v) is 4.30. The molecule has 1 aromatic heterocycles. The Balaban J connectivity index is 2.04. The number of hydrogen-bond acceptors (Lipinski definition) is 0. The summed E-state index contributed by atoms with van der Waals surface area (Å²) in [5.41, 5.74) is 1.78. The van der Waals surface area contributed by atoms with E-state index in [0.717, 1.165) is 19.8 Å². The lowest BCUT2D eigenvalue weighted by atomic mass is 10.2. The third kappa shape index (κ3) is 2.47. The quantitative estimate of drug-likeness (QED) is 0.562. The van der Waals surface area contributed by atoms with Gasteiger partial charge in [-0.15, -0.1) is 0 Å². The van der Waals surface area contributed by atoms with Crippen molar-refractivity contribution in [2.45, 2.75) is 6.54 Å². The maximum atomic E-state index is 13.9. The summed E-state index contributed by atoms with van der Waals surface area (Å²) in [4.78, 5) is 0. The van der Waals surface area contributed by atoms with Crippen LogP contribution in [0.15, 0.2) is 57.6 Å². The number of benzene rings is 2. The SMILES string of the molecule is Fc1cc(Br)ccc1Cn1ccc2c(Br)cccc21. The van der Waals surface area contributed by atoms with E-state index in [1.54, 1.807) is 0 Å². The summed E-state index contributed by atoms with van der Waals surface area (Å²) in [6.45, 7) is 0.527. The number of aromatic nitrogens is 1. The van der Waals surface area contributed by atoms with Gasteiger partial charge < -0.3 is 4.57 Å². The first kappa shape index (κ1) is 12.9. The molecule has 1 heterocycles. The van der Waals surface area contributed by atoms with Crippen molar-refractivity contribution in [3.8, 4) is 0 Å². The van der Waals surface area contributed by atoms with Crippen molar-refractivity contribution in [3.63, 3.8) is 0 Å². The van der Waals surface area contributed by atoms with Gasteiger partial charge in [0, 0.05) is 31.6 Å². The second-order valence-corrected chi connectivity index (χ2v) is 6.12. The molecule has 0 radical (unpaired) electrons. The van der Waals surface area contributed by atoms with E-state index in [2.05, 4.69) is 31.9 Å². The van der Waals surface area contributed by atoms with Gasteiger partial charge in [-0.25, -0.2) is 4.39 Å². The number of halogens is 3. The summed E-state index contributed by atoms with van der Waals surface area (Å²) in [5, 5.41) is 1.14. The molecule has 96 valence electrons. The molecule has 0 N–H and O–H groups in total. The highest BCUT2D eigenvalue weighted by molar-refractivity contribution is 9.11. The number of fused-ring (bicyclic) bond motifs is 1. The molecule has 0 fully saturated rings. The standard InChI is InChI=1S/C15H10Br2FN/c16-11-5-4-10(14(18)8-11)9-19-7-6-12-13(17)2-1-3-15(12)19/h1-8H,9H2. The Morgan fingerprint density at radius 2 is 1.89 bits per heavy atom. The molecule has 3 rings (SSSR count). The van der Waals surface area contributed by atoms with E-state index < -0.39 is 0 Å². The minimum Gasteiger partial charge on any atom is -0.343 e. The first-order chi connectivity index (χ1) is 9.15. The van der Waals surface area contributed by atoms with Crippen LogP contribution < -0.4 is 0 Å². The lowest BCUT2D eigenvalue weighted by Gasteiger charge is -2.07. The Morgan fingerprint density at radius 3 is 2.68 bits per heavy atom. The van der Waals surface area contributed by atoms with Gasteiger partial charge in [-0.05, 0) is 30.3 Å². The van der Waals surface area contributed by atoms with Gasteiger partial charge in [-0.1, -0.05) is 44.0 Å². The molecular formula is C15H10Br2FN. The molecular weight excluding hydrogens is 373 g/mol. The molecule has 0 aliphatic carbocycles. The zero-order valence-corrected chi connectivity index (χ0v) is 13.1. The molecule has 0 aliphatic heterocycles. The van der Waals surface area contributed by atoms with Gasteiger partial charge >= 0.3 is 0 Å². The summed E-state index contributed by atoms with van der Waals surface area (Å²) in [6.07, 6.45) is 1.98. The monoisotopic (exact) mass is 381 g/mol. The fraction of sp³-hybridized carbons (Fsp3) is 0.0667. The van der Waals surface area contributed by atoms with Gasteiger partial charge in [0.2, 0.25) is 0 Å². The summed E-state index contributed by atoms with van der Waals surface area (Å²) in [7, 11) is 0. The van der Waals surface area contributed by atoms with E-state index in [0.29, 0.717) is 12.1 Å². The molecule has 0 spiro atoms. The maximum absolute atomic E-state index is 13.9. The lowest BCUT2D eigenvalue weighted by molar-refractivity contribution is 0.601. The molecule has 1 nitrogen and oxygen atoms in total. The second kappa shape index (κ2) is 5.10. The Hall–Kier alpha value is -1.13. The topological polar surface area (TPSA) is 4.93 Å². The molecule has 0 atom stereocenters. The van der Waals surface area contributed by atoms with E-state index in [-0.39, 0.29) is 5.82 Å². The fourth-order valence-corrected chi connectivity index (χ4v) is 2.98. The maximum Gasteiger partial charge on any atom is 0.129 e. The van der Waals surface area contributed by atoms with Crippen LogP contribution in [0.25, 0.3) is 10.9 Å². The van der Waals surface area contributed by atoms with Crippen LogP contribution in [0.2, 0.25) is 0 Å². The van der Waals surface area contributed by atoms with Gasteiger partial charge in [0.1, 0.15) is 5.82 Å². The van der Waals surface area contributed by atoms with E-state index in [1.807, 2.05) is 47.2 Å². The van der Waals surface area contributed by atoms with E-state index in [4.69, 9.17) is 0 Å². The molecule has 3 aromatic rings. The highest BCUT2D eigenvalue weighted by atomic mass is 79.9. The molecule has 0 aliphatic rings.